The number of hydrogen-bond acceptors (Lipinski definition) is 4. The van der Waals surface area contributed by atoms with E-state index >= 15 is 0 Å². The van der Waals surface area contributed by atoms with Crippen LogP contribution in [0.15, 0.2) is 21.3 Å². The van der Waals surface area contributed by atoms with Crippen LogP contribution in [0.3, 0.4) is 0 Å². The zero-order chi connectivity index (χ0) is 12.3. The second kappa shape index (κ2) is 5.05. The number of benzene rings is 1. The van der Waals surface area contributed by atoms with Crippen LogP contribution in [-0.2, 0) is 6.42 Å². The third kappa shape index (κ3) is 2.50. The van der Waals surface area contributed by atoms with Crippen LogP contribution >= 0.6 is 0 Å². The number of aromatic hydroxyl groups is 1. The van der Waals surface area contributed by atoms with Gasteiger partial charge in [0.2, 0.25) is 0 Å². The SMILES string of the molecule is CCCNCCc1ccc(O)c2[nH]c(=O)oc12. The van der Waals surface area contributed by atoms with Gasteiger partial charge in [-0.2, -0.15) is 0 Å². The maximum Gasteiger partial charge on any atom is 0.417 e. The Hall–Kier alpha value is -1.75. The molecule has 17 heavy (non-hydrogen) atoms. The lowest BCUT2D eigenvalue weighted by Gasteiger charge is -2.04. The molecule has 0 fully saturated rings. The Bertz CT molecular complexity index is 556. The van der Waals surface area contributed by atoms with Crippen molar-refractivity contribution >= 4 is 11.1 Å². The molecule has 0 spiro atoms. The summed E-state index contributed by atoms with van der Waals surface area (Å²) in [5.74, 6) is -0.500. The Balaban J connectivity index is 2.22. The van der Waals surface area contributed by atoms with Crippen LogP contribution in [0.25, 0.3) is 11.1 Å². The van der Waals surface area contributed by atoms with Crippen LogP contribution < -0.4 is 11.1 Å². The van der Waals surface area contributed by atoms with Crippen LogP contribution in [0, 0.1) is 0 Å². The number of H-pyrrole nitrogens is 1. The summed E-state index contributed by atoms with van der Waals surface area (Å²) in [7, 11) is 0. The largest absolute Gasteiger partial charge is 0.506 e. The molecule has 1 heterocycles. The van der Waals surface area contributed by atoms with E-state index < -0.39 is 5.76 Å². The molecule has 2 rings (SSSR count). The van der Waals surface area contributed by atoms with Gasteiger partial charge in [-0.15, -0.1) is 0 Å². The van der Waals surface area contributed by atoms with Crippen molar-refractivity contribution in [2.75, 3.05) is 13.1 Å². The highest BCUT2D eigenvalue weighted by Crippen LogP contribution is 2.24. The Morgan fingerprint density at radius 1 is 1.41 bits per heavy atom. The molecule has 3 N–H and O–H groups in total. The molecular formula is C12H16N2O3. The molecule has 0 unspecified atom stereocenters. The summed E-state index contributed by atoms with van der Waals surface area (Å²) in [5, 5.41) is 12.9. The summed E-state index contributed by atoms with van der Waals surface area (Å²) >= 11 is 0. The van der Waals surface area contributed by atoms with Gasteiger partial charge in [-0.1, -0.05) is 13.0 Å². The topological polar surface area (TPSA) is 78.3 Å². The van der Waals surface area contributed by atoms with Gasteiger partial charge in [0.25, 0.3) is 0 Å². The number of fused-ring (bicyclic) bond motifs is 1. The van der Waals surface area contributed by atoms with E-state index in [-0.39, 0.29) is 5.75 Å². The van der Waals surface area contributed by atoms with Crippen molar-refractivity contribution in [3.8, 4) is 5.75 Å². The molecule has 5 heteroatoms. The molecule has 0 aliphatic carbocycles. The Morgan fingerprint density at radius 2 is 2.24 bits per heavy atom. The molecule has 5 nitrogen and oxygen atoms in total. The molecule has 0 aliphatic heterocycles. The quantitative estimate of drug-likeness (QED) is 0.685. The van der Waals surface area contributed by atoms with Gasteiger partial charge in [0.15, 0.2) is 5.58 Å². The molecule has 0 atom stereocenters. The van der Waals surface area contributed by atoms with E-state index in [2.05, 4.69) is 17.2 Å². The van der Waals surface area contributed by atoms with E-state index in [0.717, 1.165) is 31.5 Å². The van der Waals surface area contributed by atoms with Gasteiger partial charge < -0.3 is 14.8 Å². The lowest BCUT2D eigenvalue weighted by atomic mass is 10.1. The van der Waals surface area contributed by atoms with Crippen LogP contribution in [0.5, 0.6) is 5.75 Å². The highest BCUT2D eigenvalue weighted by molar-refractivity contribution is 5.82. The van der Waals surface area contributed by atoms with E-state index in [0.29, 0.717) is 11.1 Å². The highest BCUT2D eigenvalue weighted by atomic mass is 16.4. The van der Waals surface area contributed by atoms with Crippen molar-refractivity contribution < 1.29 is 9.52 Å². The normalized spacial score (nSPS) is 11.1. The summed E-state index contributed by atoms with van der Waals surface area (Å²) in [6.07, 6.45) is 1.85. The fraction of sp³-hybridized carbons (Fsp3) is 0.417. The van der Waals surface area contributed by atoms with E-state index in [1.807, 2.05) is 0 Å². The van der Waals surface area contributed by atoms with E-state index in [9.17, 15) is 9.90 Å². The minimum atomic E-state index is -0.538. The summed E-state index contributed by atoms with van der Waals surface area (Å²) in [5.41, 5.74) is 1.75. The zero-order valence-electron chi connectivity index (χ0n) is 9.75. The first-order chi connectivity index (χ1) is 8.22. The average Bonchev–Trinajstić information content (AvgIpc) is 2.70. The van der Waals surface area contributed by atoms with Gasteiger partial charge in [-0.25, -0.2) is 4.79 Å². The summed E-state index contributed by atoms with van der Waals surface area (Å²) in [6, 6.07) is 3.35. The molecule has 1 aromatic heterocycles. The minimum Gasteiger partial charge on any atom is -0.506 e. The third-order valence-electron chi connectivity index (χ3n) is 2.64. The molecule has 0 amide bonds. The van der Waals surface area contributed by atoms with Crippen molar-refractivity contribution in [1.29, 1.82) is 0 Å². The Kier molecular flexibility index (Phi) is 3.49. The first-order valence-corrected chi connectivity index (χ1v) is 5.76. The van der Waals surface area contributed by atoms with Crippen LogP contribution in [0.2, 0.25) is 0 Å². The fourth-order valence-corrected chi connectivity index (χ4v) is 1.79. The van der Waals surface area contributed by atoms with Gasteiger partial charge in [0.1, 0.15) is 11.3 Å². The molecule has 92 valence electrons. The van der Waals surface area contributed by atoms with Crippen molar-refractivity contribution in [3.63, 3.8) is 0 Å². The number of nitrogens with one attached hydrogen (secondary N) is 2. The van der Waals surface area contributed by atoms with Gasteiger partial charge in [-0.05, 0) is 37.6 Å². The van der Waals surface area contributed by atoms with Gasteiger partial charge in [0, 0.05) is 0 Å². The number of phenols is 1. The number of hydrogen-bond donors (Lipinski definition) is 3. The van der Waals surface area contributed by atoms with Crippen LogP contribution in [0.4, 0.5) is 0 Å². The first kappa shape index (κ1) is 11.7. The second-order valence-corrected chi connectivity index (χ2v) is 3.96. The monoisotopic (exact) mass is 236 g/mol. The van der Waals surface area contributed by atoms with Gasteiger partial charge in [0.05, 0.1) is 0 Å². The van der Waals surface area contributed by atoms with Crippen molar-refractivity contribution in [2.24, 2.45) is 0 Å². The average molecular weight is 236 g/mol. The molecule has 2 aromatic rings. The lowest BCUT2D eigenvalue weighted by molar-refractivity contribution is 0.480. The molecule has 0 radical (unpaired) electrons. The number of aromatic nitrogens is 1. The fourth-order valence-electron chi connectivity index (χ4n) is 1.79. The second-order valence-electron chi connectivity index (χ2n) is 3.96. The van der Waals surface area contributed by atoms with Crippen molar-refractivity contribution in [2.45, 2.75) is 19.8 Å². The molecule has 0 aliphatic rings. The highest BCUT2D eigenvalue weighted by Gasteiger charge is 2.10. The predicted molar refractivity (Wildman–Crippen MR) is 65.4 cm³/mol. The molecule has 1 aromatic carbocycles. The number of phenolic OH excluding ortho intramolecular Hbond substituents is 1. The van der Waals surface area contributed by atoms with Gasteiger partial charge in [-0.3, -0.25) is 4.98 Å². The van der Waals surface area contributed by atoms with E-state index in [1.165, 1.54) is 0 Å². The third-order valence-corrected chi connectivity index (χ3v) is 2.64. The summed E-state index contributed by atoms with van der Waals surface area (Å²) < 4.78 is 5.04. The van der Waals surface area contributed by atoms with Crippen molar-refractivity contribution in [1.82, 2.24) is 10.3 Å². The molecule has 0 bridgehead atoms. The summed E-state index contributed by atoms with van der Waals surface area (Å²) in [6.45, 7) is 3.90. The maximum atomic E-state index is 11.1. The Labute approximate surface area is 98.5 Å². The van der Waals surface area contributed by atoms with E-state index in [4.69, 9.17) is 4.42 Å². The Morgan fingerprint density at radius 3 is 3.00 bits per heavy atom. The molecular weight excluding hydrogens is 220 g/mol. The van der Waals surface area contributed by atoms with Gasteiger partial charge >= 0.3 is 5.76 Å². The standard InChI is InChI=1S/C12H16N2O3/c1-2-6-13-7-5-8-3-4-9(15)10-11(8)17-12(16)14-10/h3-4,13,15H,2,5-7H2,1H3,(H,14,16). The molecule has 0 saturated carbocycles. The number of aromatic amines is 1. The first-order valence-electron chi connectivity index (χ1n) is 5.76. The predicted octanol–water partition coefficient (Wildman–Crippen LogP) is 1.37. The lowest BCUT2D eigenvalue weighted by Crippen LogP contribution is -2.17. The smallest absolute Gasteiger partial charge is 0.417 e. The summed E-state index contributed by atoms with van der Waals surface area (Å²) in [4.78, 5) is 13.6. The minimum absolute atomic E-state index is 0.0381. The zero-order valence-corrected chi connectivity index (χ0v) is 9.75. The van der Waals surface area contributed by atoms with Crippen LogP contribution in [0.1, 0.15) is 18.9 Å². The number of rotatable bonds is 5. The van der Waals surface area contributed by atoms with Crippen LogP contribution in [-0.4, -0.2) is 23.2 Å². The van der Waals surface area contributed by atoms with E-state index in [1.54, 1.807) is 12.1 Å². The number of oxazole rings is 1. The maximum absolute atomic E-state index is 11.1. The molecule has 0 saturated heterocycles. The van der Waals surface area contributed by atoms with Crippen molar-refractivity contribution in [3.05, 3.63) is 28.2 Å².